The van der Waals surface area contributed by atoms with Crippen molar-refractivity contribution in [3.63, 3.8) is 0 Å². The second-order valence-electron chi connectivity index (χ2n) is 15.6. The number of rotatable bonds is 4. The highest BCUT2D eigenvalue weighted by molar-refractivity contribution is 6.17. The Kier molecular flexibility index (Phi) is 8.30. The molecule has 0 saturated carbocycles. The summed E-state index contributed by atoms with van der Waals surface area (Å²) in [6.07, 6.45) is 1.25. The van der Waals surface area contributed by atoms with Crippen molar-refractivity contribution in [1.82, 2.24) is 19.5 Å². The third-order valence-corrected chi connectivity index (χ3v) is 11.4. The van der Waals surface area contributed by atoms with Crippen LogP contribution >= 0.6 is 0 Å². The third-order valence-electron chi connectivity index (χ3n) is 11.4. The molecule has 274 valence electrons. The van der Waals surface area contributed by atoms with E-state index in [0.29, 0.717) is 17.6 Å². The van der Waals surface area contributed by atoms with Crippen LogP contribution in [0.5, 0.6) is 0 Å². The minimum Gasteiger partial charge on any atom is -0.277 e. The molecule has 0 spiro atoms. The van der Waals surface area contributed by atoms with Gasteiger partial charge in [-0.1, -0.05) is 186 Å². The molecule has 57 heavy (non-hydrogen) atoms. The van der Waals surface area contributed by atoms with Crippen molar-refractivity contribution >= 4 is 43.4 Å². The summed E-state index contributed by atoms with van der Waals surface area (Å²) in [5.74, 6) is 1.85. The first-order valence-electron chi connectivity index (χ1n) is 20.0. The summed E-state index contributed by atoms with van der Waals surface area (Å²) in [6, 6.07) is 60.7. The Bertz CT molecular complexity index is 3150. The minimum atomic E-state index is -0.117. The standard InChI is InChI=1S/C50H34N4.C3H8/c1-50(2)42-24-11-10-20-40(42)45-37(21-13-25-43(45)50)38-22-12-23-39-41-29-34-18-8-9-19-35(34)30-44(41)54(46(38)39)49-52-47(32-15-4-3-5-16-32)51-48(53-49)36-27-26-31-14-6-7-17-33(31)28-36;1-3-2/h3-30H,1-2H3;3H2,1-2H3. The van der Waals surface area contributed by atoms with Crippen molar-refractivity contribution in [2.75, 3.05) is 0 Å². The van der Waals surface area contributed by atoms with Gasteiger partial charge in [0.1, 0.15) is 0 Å². The van der Waals surface area contributed by atoms with Gasteiger partial charge in [0.25, 0.3) is 0 Å². The van der Waals surface area contributed by atoms with Crippen molar-refractivity contribution in [3.05, 3.63) is 181 Å². The van der Waals surface area contributed by atoms with Gasteiger partial charge in [-0.3, -0.25) is 4.57 Å². The van der Waals surface area contributed by atoms with Crippen LogP contribution in [-0.2, 0) is 5.41 Å². The topological polar surface area (TPSA) is 43.6 Å². The van der Waals surface area contributed by atoms with Gasteiger partial charge in [-0.15, -0.1) is 0 Å². The van der Waals surface area contributed by atoms with Gasteiger partial charge in [-0.2, -0.15) is 9.97 Å². The summed E-state index contributed by atoms with van der Waals surface area (Å²) >= 11 is 0. The Morgan fingerprint density at radius 3 is 1.81 bits per heavy atom. The molecule has 8 aromatic carbocycles. The maximum absolute atomic E-state index is 5.37. The summed E-state index contributed by atoms with van der Waals surface area (Å²) in [7, 11) is 0. The van der Waals surface area contributed by atoms with Crippen LogP contribution in [0.1, 0.15) is 45.2 Å². The molecule has 0 fully saturated rings. The SMILES string of the molecule is CC1(C)c2ccccc2-c2c(-c3cccc4c5cc6ccccc6cc5n(-c5nc(-c6ccccc6)nc(-c6ccc7ccccc7c6)n5)c34)cccc21.CCC. The van der Waals surface area contributed by atoms with E-state index in [4.69, 9.17) is 15.0 Å². The van der Waals surface area contributed by atoms with Crippen LogP contribution in [0.3, 0.4) is 0 Å². The van der Waals surface area contributed by atoms with Crippen LogP contribution in [0.2, 0.25) is 0 Å². The molecule has 11 rings (SSSR count). The molecule has 10 aromatic rings. The fourth-order valence-corrected chi connectivity index (χ4v) is 8.79. The Balaban J connectivity index is 0.00000128. The van der Waals surface area contributed by atoms with Crippen molar-refractivity contribution in [3.8, 4) is 51.0 Å². The van der Waals surface area contributed by atoms with Crippen LogP contribution in [-0.4, -0.2) is 19.5 Å². The van der Waals surface area contributed by atoms with E-state index in [9.17, 15) is 0 Å². The predicted molar refractivity (Wildman–Crippen MR) is 239 cm³/mol. The lowest BCUT2D eigenvalue weighted by molar-refractivity contribution is 0.660. The van der Waals surface area contributed by atoms with Gasteiger partial charge >= 0.3 is 0 Å². The second kappa shape index (κ2) is 13.7. The zero-order valence-electron chi connectivity index (χ0n) is 32.7. The molecule has 0 saturated heterocycles. The van der Waals surface area contributed by atoms with Gasteiger partial charge in [-0.05, 0) is 67.6 Å². The zero-order chi connectivity index (χ0) is 38.7. The Morgan fingerprint density at radius 1 is 0.456 bits per heavy atom. The highest BCUT2D eigenvalue weighted by Gasteiger charge is 2.37. The second-order valence-corrected chi connectivity index (χ2v) is 15.6. The number of hydrogen-bond acceptors (Lipinski definition) is 3. The first kappa shape index (κ1) is 34.6. The maximum Gasteiger partial charge on any atom is 0.238 e. The van der Waals surface area contributed by atoms with Crippen LogP contribution in [0.25, 0.3) is 94.3 Å². The molecule has 2 heterocycles. The molecule has 0 aliphatic heterocycles. The average Bonchev–Trinajstić information content (AvgIpc) is 3.71. The monoisotopic (exact) mass is 734 g/mol. The fraction of sp³-hybridized carbons (Fsp3) is 0.113. The van der Waals surface area contributed by atoms with Crippen molar-refractivity contribution in [2.24, 2.45) is 0 Å². The molecule has 1 aliphatic carbocycles. The van der Waals surface area contributed by atoms with E-state index < -0.39 is 0 Å². The molecule has 0 radical (unpaired) electrons. The lowest BCUT2D eigenvalue weighted by Crippen LogP contribution is -2.14. The van der Waals surface area contributed by atoms with Gasteiger partial charge in [0.05, 0.1) is 11.0 Å². The molecule has 0 amide bonds. The van der Waals surface area contributed by atoms with Gasteiger partial charge in [-0.25, -0.2) is 4.98 Å². The predicted octanol–water partition coefficient (Wildman–Crippen LogP) is 14.0. The Morgan fingerprint density at radius 2 is 1.04 bits per heavy atom. The van der Waals surface area contributed by atoms with Crippen molar-refractivity contribution < 1.29 is 0 Å². The quantitative estimate of drug-likeness (QED) is 0.181. The largest absolute Gasteiger partial charge is 0.277 e. The minimum absolute atomic E-state index is 0.117. The van der Waals surface area contributed by atoms with E-state index in [1.165, 1.54) is 50.4 Å². The number of nitrogens with zero attached hydrogens (tertiary/aromatic N) is 4. The molecular weight excluding hydrogens is 693 g/mol. The zero-order valence-corrected chi connectivity index (χ0v) is 32.7. The normalized spacial score (nSPS) is 12.8. The number of aromatic nitrogens is 4. The number of para-hydroxylation sites is 1. The van der Waals surface area contributed by atoms with Gasteiger partial charge in [0, 0.05) is 32.9 Å². The van der Waals surface area contributed by atoms with Crippen LogP contribution < -0.4 is 0 Å². The lowest BCUT2D eigenvalue weighted by atomic mass is 9.82. The van der Waals surface area contributed by atoms with Crippen LogP contribution in [0.4, 0.5) is 0 Å². The van der Waals surface area contributed by atoms with Crippen LogP contribution in [0.15, 0.2) is 170 Å². The molecule has 0 bridgehead atoms. The molecule has 0 unspecified atom stereocenters. The highest BCUT2D eigenvalue weighted by Crippen LogP contribution is 2.53. The fourth-order valence-electron chi connectivity index (χ4n) is 8.79. The molecule has 4 nitrogen and oxygen atoms in total. The summed E-state index contributed by atoms with van der Waals surface area (Å²) in [4.78, 5) is 15.8. The van der Waals surface area contributed by atoms with E-state index in [2.05, 4.69) is 184 Å². The summed E-state index contributed by atoms with van der Waals surface area (Å²) in [5, 5.41) is 7.00. The van der Waals surface area contributed by atoms with E-state index in [1.807, 2.05) is 18.2 Å². The van der Waals surface area contributed by atoms with E-state index >= 15 is 0 Å². The van der Waals surface area contributed by atoms with Gasteiger partial charge in [0.15, 0.2) is 11.6 Å². The van der Waals surface area contributed by atoms with Gasteiger partial charge in [0.2, 0.25) is 5.95 Å². The van der Waals surface area contributed by atoms with E-state index in [1.54, 1.807) is 0 Å². The number of benzene rings is 8. The van der Waals surface area contributed by atoms with Gasteiger partial charge < -0.3 is 0 Å². The molecular formula is C53H42N4. The van der Waals surface area contributed by atoms with Crippen LogP contribution in [0, 0.1) is 0 Å². The summed E-state index contributed by atoms with van der Waals surface area (Å²) in [5.41, 5.74) is 11.5. The first-order chi connectivity index (χ1) is 27.9. The van der Waals surface area contributed by atoms with E-state index in [0.717, 1.165) is 43.9 Å². The molecule has 1 aliphatic rings. The number of hydrogen-bond donors (Lipinski definition) is 0. The molecule has 2 aromatic heterocycles. The summed E-state index contributed by atoms with van der Waals surface area (Å²) in [6.45, 7) is 8.93. The molecule has 0 atom stereocenters. The first-order valence-corrected chi connectivity index (χ1v) is 20.0. The maximum atomic E-state index is 5.37. The number of fused-ring (bicyclic) bond motifs is 8. The smallest absolute Gasteiger partial charge is 0.238 e. The Hall–Kier alpha value is -6.91. The molecule has 0 N–H and O–H groups in total. The Labute approximate surface area is 333 Å². The lowest BCUT2D eigenvalue weighted by Gasteiger charge is -2.21. The summed E-state index contributed by atoms with van der Waals surface area (Å²) < 4.78 is 2.29. The van der Waals surface area contributed by atoms with Crippen molar-refractivity contribution in [1.29, 1.82) is 0 Å². The average molecular weight is 735 g/mol. The molecule has 4 heteroatoms. The van der Waals surface area contributed by atoms with Crippen molar-refractivity contribution in [2.45, 2.75) is 39.5 Å². The third kappa shape index (κ3) is 5.63. The highest BCUT2D eigenvalue weighted by atomic mass is 15.2. The van der Waals surface area contributed by atoms with E-state index in [-0.39, 0.29) is 5.41 Å².